The minimum atomic E-state index is -1.00. The highest BCUT2D eigenvalue weighted by Gasteiger charge is 2.07. The Morgan fingerprint density at radius 3 is 2.47 bits per heavy atom. The molecule has 0 bridgehead atoms. The van der Waals surface area contributed by atoms with Crippen LogP contribution in [-0.4, -0.2) is 18.2 Å². The van der Waals surface area contributed by atoms with Crippen molar-refractivity contribution < 1.29 is 14.6 Å². The van der Waals surface area contributed by atoms with Crippen molar-refractivity contribution in [2.45, 2.75) is 0 Å². The van der Waals surface area contributed by atoms with Crippen LogP contribution in [0.4, 0.5) is 0 Å². The van der Waals surface area contributed by atoms with Crippen molar-refractivity contribution in [2.75, 3.05) is 7.11 Å². The smallest absolute Gasteiger partial charge is 0.335 e. The lowest BCUT2D eigenvalue weighted by atomic mass is 10.0. The Hall–Kier alpha value is -2.29. The standard InChI is InChI=1S/C14H12O3/c1-9(14(15)16)10-3-4-12-8-13(17-2)6-5-11(12)7-10/h3-8H,1H2,2H3,(H,15,16). The molecule has 0 radical (unpaired) electrons. The van der Waals surface area contributed by atoms with Crippen LogP contribution in [0.5, 0.6) is 5.75 Å². The van der Waals surface area contributed by atoms with Gasteiger partial charge in [-0.15, -0.1) is 0 Å². The number of aliphatic carboxylic acids is 1. The summed E-state index contributed by atoms with van der Waals surface area (Å²) in [6.45, 7) is 3.54. The summed E-state index contributed by atoms with van der Waals surface area (Å²) in [6.07, 6.45) is 0. The van der Waals surface area contributed by atoms with E-state index in [9.17, 15) is 4.79 Å². The molecule has 0 saturated carbocycles. The monoisotopic (exact) mass is 228 g/mol. The van der Waals surface area contributed by atoms with Gasteiger partial charge in [0.15, 0.2) is 0 Å². The highest BCUT2D eigenvalue weighted by Crippen LogP contribution is 2.24. The minimum absolute atomic E-state index is 0.0997. The maximum absolute atomic E-state index is 10.8. The van der Waals surface area contributed by atoms with Crippen LogP contribution in [0.1, 0.15) is 5.56 Å². The number of hydrogen-bond donors (Lipinski definition) is 1. The molecule has 17 heavy (non-hydrogen) atoms. The van der Waals surface area contributed by atoms with E-state index in [0.717, 1.165) is 16.5 Å². The molecule has 2 rings (SSSR count). The van der Waals surface area contributed by atoms with E-state index in [1.54, 1.807) is 13.2 Å². The Labute approximate surface area is 99.0 Å². The van der Waals surface area contributed by atoms with E-state index < -0.39 is 5.97 Å². The van der Waals surface area contributed by atoms with Crippen LogP contribution in [0.3, 0.4) is 0 Å². The van der Waals surface area contributed by atoms with Crippen LogP contribution in [0.15, 0.2) is 43.0 Å². The zero-order valence-electron chi connectivity index (χ0n) is 9.43. The molecule has 0 aliphatic rings. The fraction of sp³-hybridized carbons (Fsp3) is 0.0714. The van der Waals surface area contributed by atoms with E-state index in [1.807, 2.05) is 30.3 Å². The van der Waals surface area contributed by atoms with Gasteiger partial charge in [-0.3, -0.25) is 0 Å². The molecule has 0 heterocycles. The van der Waals surface area contributed by atoms with Crippen LogP contribution < -0.4 is 4.74 Å². The zero-order chi connectivity index (χ0) is 12.4. The molecule has 0 aromatic heterocycles. The predicted molar refractivity (Wildman–Crippen MR) is 67.2 cm³/mol. The second-order valence-corrected chi connectivity index (χ2v) is 3.71. The lowest BCUT2D eigenvalue weighted by Gasteiger charge is -2.05. The Balaban J connectivity index is 2.52. The zero-order valence-corrected chi connectivity index (χ0v) is 9.43. The summed E-state index contributed by atoms with van der Waals surface area (Å²) >= 11 is 0. The van der Waals surface area contributed by atoms with Crippen molar-refractivity contribution in [1.29, 1.82) is 0 Å². The maximum Gasteiger partial charge on any atom is 0.335 e. The van der Waals surface area contributed by atoms with Crippen molar-refractivity contribution >= 4 is 22.3 Å². The third-order valence-electron chi connectivity index (χ3n) is 2.65. The SMILES string of the molecule is C=C(C(=O)O)c1ccc2cc(OC)ccc2c1. The quantitative estimate of drug-likeness (QED) is 0.821. The fourth-order valence-corrected chi connectivity index (χ4v) is 1.66. The molecule has 3 heteroatoms. The van der Waals surface area contributed by atoms with Gasteiger partial charge in [-0.2, -0.15) is 0 Å². The van der Waals surface area contributed by atoms with Crippen molar-refractivity contribution in [3.05, 3.63) is 48.5 Å². The molecule has 0 atom stereocenters. The average molecular weight is 228 g/mol. The van der Waals surface area contributed by atoms with E-state index in [2.05, 4.69) is 6.58 Å². The van der Waals surface area contributed by atoms with Crippen LogP contribution in [0.2, 0.25) is 0 Å². The summed E-state index contributed by atoms with van der Waals surface area (Å²) in [4.78, 5) is 10.8. The summed E-state index contributed by atoms with van der Waals surface area (Å²) in [7, 11) is 1.61. The predicted octanol–water partition coefficient (Wildman–Crippen LogP) is 2.95. The number of fused-ring (bicyclic) bond motifs is 1. The molecule has 1 N–H and O–H groups in total. The van der Waals surface area contributed by atoms with Gasteiger partial charge in [0.25, 0.3) is 0 Å². The topological polar surface area (TPSA) is 46.5 Å². The van der Waals surface area contributed by atoms with Crippen molar-refractivity contribution in [1.82, 2.24) is 0 Å². The van der Waals surface area contributed by atoms with E-state index in [1.165, 1.54) is 0 Å². The molecule has 0 amide bonds. The normalized spacial score (nSPS) is 10.2. The van der Waals surface area contributed by atoms with Crippen LogP contribution >= 0.6 is 0 Å². The number of methoxy groups -OCH3 is 1. The first-order valence-corrected chi connectivity index (χ1v) is 5.12. The Morgan fingerprint density at radius 1 is 1.18 bits per heavy atom. The first kappa shape index (κ1) is 11.2. The summed E-state index contributed by atoms with van der Waals surface area (Å²) < 4.78 is 5.13. The molecular formula is C14H12O3. The number of ether oxygens (including phenoxy) is 1. The molecule has 0 aliphatic carbocycles. The van der Waals surface area contributed by atoms with Crippen molar-refractivity contribution in [2.24, 2.45) is 0 Å². The van der Waals surface area contributed by atoms with Gasteiger partial charge in [0.2, 0.25) is 0 Å². The summed E-state index contributed by atoms with van der Waals surface area (Å²) in [6, 6.07) is 11.1. The molecule has 3 nitrogen and oxygen atoms in total. The van der Waals surface area contributed by atoms with Gasteiger partial charge in [-0.1, -0.05) is 24.8 Å². The second-order valence-electron chi connectivity index (χ2n) is 3.71. The molecule has 0 aliphatic heterocycles. The van der Waals surface area contributed by atoms with E-state index in [4.69, 9.17) is 9.84 Å². The van der Waals surface area contributed by atoms with Gasteiger partial charge in [0, 0.05) is 0 Å². The third-order valence-corrected chi connectivity index (χ3v) is 2.65. The summed E-state index contributed by atoms with van der Waals surface area (Å²) in [5, 5.41) is 10.8. The number of carboxylic acid groups (broad SMARTS) is 1. The van der Waals surface area contributed by atoms with E-state index in [0.29, 0.717) is 5.56 Å². The molecule has 0 saturated heterocycles. The van der Waals surface area contributed by atoms with Crippen LogP contribution in [0, 0.1) is 0 Å². The molecule has 0 spiro atoms. The minimum Gasteiger partial charge on any atom is -0.497 e. The largest absolute Gasteiger partial charge is 0.497 e. The third kappa shape index (κ3) is 2.13. The maximum atomic E-state index is 10.8. The lowest BCUT2D eigenvalue weighted by molar-refractivity contribution is -0.130. The second kappa shape index (κ2) is 4.29. The van der Waals surface area contributed by atoms with Gasteiger partial charge in [0.05, 0.1) is 12.7 Å². The number of carbonyl (C=O) groups is 1. The van der Waals surface area contributed by atoms with Gasteiger partial charge in [-0.25, -0.2) is 4.79 Å². The van der Waals surface area contributed by atoms with E-state index in [-0.39, 0.29) is 5.57 Å². The lowest BCUT2D eigenvalue weighted by Crippen LogP contribution is -1.97. The summed E-state index contributed by atoms with van der Waals surface area (Å²) in [5.74, 6) is -0.222. The molecule has 86 valence electrons. The van der Waals surface area contributed by atoms with Crippen LogP contribution in [0.25, 0.3) is 16.3 Å². The molecular weight excluding hydrogens is 216 g/mol. The highest BCUT2D eigenvalue weighted by molar-refractivity contribution is 6.15. The van der Waals surface area contributed by atoms with Crippen molar-refractivity contribution in [3.8, 4) is 5.75 Å². The number of benzene rings is 2. The number of carboxylic acids is 1. The molecule has 0 fully saturated rings. The first-order valence-electron chi connectivity index (χ1n) is 5.12. The van der Waals surface area contributed by atoms with Crippen molar-refractivity contribution in [3.63, 3.8) is 0 Å². The van der Waals surface area contributed by atoms with Gasteiger partial charge in [0.1, 0.15) is 5.75 Å². The van der Waals surface area contributed by atoms with Gasteiger partial charge >= 0.3 is 5.97 Å². The first-order chi connectivity index (χ1) is 8.11. The highest BCUT2D eigenvalue weighted by atomic mass is 16.5. The molecule has 2 aromatic carbocycles. The molecule has 0 unspecified atom stereocenters. The number of rotatable bonds is 3. The Morgan fingerprint density at radius 2 is 1.82 bits per heavy atom. The van der Waals surface area contributed by atoms with E-state index >= 15 is 0 Å². The van der Waals surface area contributed by atoms with Gasteiger partial charge < -0.3 is 9.84 Å². The van der Waals surface area contributed by atoms with Crippen LogP contribution in [-0.2, 0) is 4.79 Å². The average Bonchev–Trinajstić information content (AvgIpc) is 2.36. The fourth-order valence-electron chi connectivity index (χ4n) is 1.66. The summed E-state index contributed by atoms with van der Waals surface area (Å²) in [5.41, 5.74) is 0.720. The Bertz CT molecular complexity index is 599. The number of hydrogen-bond acceptors (Lipinski definition) is 2. The Kier molecular flexibility index (Phi) is 2.83. The molecule has 2 aromatic rings. The van der Waals surface area contributed by atoms with Gasteiger partial charge in [-0.05, 0) is 34.5 Å².